The number of nitrogens with two attached hydrogens (primary N) is 1. The molecule has 2 aromatic rings. The topological polar surface area (TPSA) is 39.2 Å². The van der Waals surface area contributed by atoms with E-state index in [0.29, 0.717) is 11.3 Å². The first-order chi connectivity index (χ1) is 7.58. The van der Waals surface area contributed by atoms with Crippen LogP contribution in [0.5, 0.6) is 0 Å². The average molecular weight is 223 g/mol. The predicted octanol–water partition coefficient (Wildman–Crippen LogP) is 2.91. The molecule has 1 heterocycles. The molecule has 0 saturated heterocycles. The van der Waals surface area contributed by atoms with E-state index in [1.54, 1.807) is 13.0 Å². The molecule has 2 N–H and O–H groups in total. The minimum Gasteiger partial charge on any atom is -0.469 e. The third kappa shape index (κ3) is 1.97. The van der Waals surface area contributed by atoms with Gasteiger partial charge in [-0.3, -0.25) is 0 Å². The van der Waals surface area contributed by atoms with Crippen LogP contribution in [0, 0.1) is 18.6 Å². The number of benzene rings is 1. The minimum absolute atomic E-state index is 0.126. The fraction of sp³-hybridized carbons (Fsp3) is 0.167. The molecule has 1 aromatic carbocycles. The van der Waals surface area contributed by atoms with Crippen molar-refractivity contribution < 1.29 is 13.2 Å². The Balaban J connectivity index is 2.40. The van der Waals surface area contributed by atoms with E-state index in [9.17, 15) is 8.78 Å². The molecule has 2 rings (SSSR count). The molecule has 4 heteroatoms. The fourth-order valence-corrected chi connectivity index (χ4v) is 1.56. The lowest BCUT2D eigenvalue weighted by molar-refractivity contribution is 0.529. The molecule has 0 aliphatic heterocycles. The van der Waals surface area contributed by atoms with E-state index >= 15 is 0 Å². The first kappa shape index (κ1) is 10.8. The van der Waals surface area contributed by atoms with Crippen LogP contribution in [0.1, 0.15) is 22.9 Å². The van der Waals surface area contributed by atoms with Crippen molar-refractivity contribution in [1.82, 2.24) is 0 Å². The summed E-state index contributed by atoms with van der Waals surface area (Å²) in [6.07, 6.45) is 1.45. The lowest BCUT2D eigenvalue weighted by atomic mass is 10.0. The molecule has 0 fully saturated rings. The van der Waals surface area contributed by atoms with Gasteiger partial charge in [0.15, 0.2) is 0 Å². The summed E-state index contributed by atoms with van der Waals surface area (Å²) in [7, 11) is 0. The maximum absolute atomic E-state index is 13.4. The molecule has 1 atom stereocenters. The van der Waals surface area contributed by atoms with Crippen molar-refractivity contribution >= 4 is 0 Å². The first-order valence-corrected chi connectivity index (χ1v) is 4.83. The van der Waals surface area contributed by atoms with Gasteiger partial charge in [0.05, 0.1) is 12.3 Å². The fourth-order valence-electron chi connectivity index (χ4n) is 1.56. The summed E-state index contributed by atoms with van der Waals surface area (Å²) in [5.74, 6) is -0.345. The second-order valence-corrected chi connectivity index (χ2v) is 3.63. The molecule has 1 unspecified atom stereocenters. The molecule has 16 heavy (non-hydrogen) atoms. The summed E-state index contributed by atoms with van der Waals surface area (Å²) >= 11 is 0. The SMILES string of the molecule is Cc1cc(C(N)c2cc(F)ccc2F)co1. The van der Waals surface area contributed by atoms with Gasteiger partial charge in [0.2, 0.25) is 0 Å². The highest BCUT2D eigenvalue weighted by Crippen LogP contribution is 2.24. The molecule has 0 amide bonds. The maximum Gasteiger partial charge on any atom is 0.128 e. The van der Waals surface area contributed by atoms with Crippen molar-refractivity contribution in [2.45, 2.75) is 13.0 Å². The summed E-state index contributed by atoms with van der Waals surface area (Å²) in [5, 5.41) is 0. The second kappa shape index (κ2) is 4.06. The second-order valence-electron chi connectivity index (χ2n) is 3.63. The van der Waals surface area contributed by atoms with Crippen LogP contribution in [0.25, 0.3) is 0 Å². The number of halogens is 2. The van der Waals surface area contributed by atoms with Crippen LogP contribution in [0.3, 0.4) is 0 Å². The molecule has 0 spiro atoms. The highest BCUT2D eigenvalue weighted by molar-refractivity contribution is 5.31. The Morgan fingerprint density at radius 2 is 2.00 bits per heavy atom. The molecule has 2 nitrogen and oxygen atoms in total. The summed E-state index contributed by atoms with van der Waals surface area (Å²) in [6, 6.07) is 4.22. The van der Waals surface area contributed by atoms with Crippen LogP contribution in [0.2, 0.25) is 0 Å². The van der Waals surface area contributed by atoms with Crippen molar-refractivity contribution in [2.24, 2.45) is 5.73 Å². The Bertz CT molecular complexity index is 507. The van der Waals surface area contributed by atoms with Crippen molar-refractivity contribution in [3.8, 4) is 0 Å². The monoisotopic (exact) mass is 223 g/mol. The number of aryl methyl sites for hydroxylation is 1. The summed E-state index contributed by atoms with van der Waals surface area (Å²) in [5.41, 5.74) is 6.59. The van der Waals surface area contributed by atoms with E-state index in [1.807, 2.05) is 0 Å². The Morgan fingerprint density at radius 3 is 2.62 bits per heavy atom. The number of hydrogen-bond donors (Lipinski definition) is 1. The molecule has 0 radical (unpaired) electrons. The lowest BCUT2D eigenvalue weighted by Gasteiger charge is -2.10. The van der Waals surface area contributed by atoms with Crippen LogP contribution in [-0.4, -0.2) is 0 Å². The Kier molecular flexibility index (Phi) is 2.75. The van der Waals surface area contributed by atoms with Gasteiger partial charge in [0.1, 0.15) is 17.4 Å². The number of rotatable bonds is 2. The summed E-state index contributed by atoms with van der Waals surface area (Å²) in [6.45, 7) is 1.76. The predicted molar refractivity (Wildman–Crippen MR) is 55.8 cm³/mol. The van der Waals surface area contributed by atoms with Crippen LogP contribution in [0.15, 0.2) is 34.9 Å². The van der Waals surface area contributed by atoms with Gasteiger partial charge >= 0.3 is 0 Å². The third-order valence-corrected chi connectivity index (χ3v) is 2.40. The zero-order chi connectivity index (χ0) is 11.7. The largest absolute Gasteiger partial charge is 0.469 e. The third-order valence-electron chi connectivity index (χ3n) is 2.40. The Hall–Kier alpha value is -1.68. The molecule has 0 bridgehead atoms. The Morgan fingerprint density at radius 1 is 1.25 bits per heavy atom. The lowest BCUT2D eigenvalue weighted by Crippen LogP contribution is -2.13. The normalized spacial score (nSPS) is 12.8. The van der Waals surface area contributed by atoms with E-state index < -0.39 is 17.7 Å². The molecule has 0 aliphatic rings. The van der Waals surface area contributed by atoms with E-state index in [-0.39, 0.29) is 5.56 Å². The standard InChI is InChI=1S/C12H11F2NO/c1-7-4-8(6-16-7)12(15)10-5-9(13)2-3-11(10)14/h2-6,12H,15H2,1H3. The van der Waals surface area contributed by atoms with Crippen LogP contribution >= 0.6 is 0 Å². The van der Waals surface area contributed by atoms with Gasteiger partial charge in [0, 0.05) is 11.1 Å². The highest BCUT2D eigenvalue weighted by atomic mass is 19.1. The molecular formula is C12H11F2NO. The van der Waals surface area contributed by atoms with Crippen molar-refractivity contribution in [2.75, 3.05) is 0 Å². The maximum atomic E-state index is 13.4. The highest BCUT2D eigenvalue weighted by Gasteiger charge is 2.16. The zero-order valence-corrected chi connectivity index (χ0v) is 8.71. The number of hydrogen-bond acceptors (Lipinski definition) is 2. The van der Waals surface area contributed by atoms with Gasteiger partial charge in [-0.25, -0.2) is 8.78 Å². The van der Waals surface area contributed by atoms with Crippen molar-refractivity contribution in [3.63, 3.8) is 0 Å². The van der Waals surface area contributed by atoms with Crippen LogP contribution in [0.4, 0.5) is 8.78 Å². The van der Waals surface area contributed by atoms with Gasteiger partial charge in [-0.15, -0.1) is 0 Å². The van der Waals surface area contributed by atoms with Crippen LogP contribution < -0.4 is 5.73 Å². The van der Waals surface area contributed by atoms with E-state index in [0.717, 1.165) is 18.2 Å². The number of furan rings is 1. The zero-order valence-electron chi connectivity index (χ0n) is 8.71. The molecule has 84 valence electrons. The molecule has 1 aromatic heterocycles. The molecule has 0 saturated carbocycles. The van der Waals surface area contributed by atoms with Crippen molar-refractivity contribution in [3.05, 3.63) is 59.1 Å². The minimum atomic E-state index is -0.715. The van der Waals surface area contributed by atoms with Gasteiger partial charge in [-0.2, -0.15) is 0 Å². The van der Waals surface area contributed by atoms with Gasteiger partial charge < -0.3 is 10.2 Å². The smallest absolute Gasteiger partial charge is 0.128 e. The summed E-state index contributed by atoms with van der Waals surface area (Å²) in [4.78, 5) is 0. The Labute approximate surface area is 91.7 Å². The van der Waals surface area contributed by atoms with E-state index in [2.05, 4.69) is 0 Å². The van der Waals surface area contributed by atoms with Crippen LogP contribution in [-0.2, 0) is 0 Å². The first-order valence-electron chi connectivity index (χ1n) is 4.83. The summed E-state index contributed by atoms with van der Waals surface area (Å²) < 4.78 is 31.5. The average Bonchev–Trinajstić information content (AvgIpc) is 2.67. The van der Waals surface area contributed by atoms with Crippen molar-refractivity contribution in [1.29, 1.82) is 0 Å². The van der Waals surface area contributed by atoms with Gasteiger partial charge in [0.25, 0.3) is 0 Å². The quantitative estimate of drug-likeness (QED) is 0.850. The molecular weight excluding hydrogens is 212 g/mol. The van der Waals surface area contributed by atoms with Gasteiger partial charge in [-0.05, 0) is 31.2 Å². The molecule has 0 aliphatic carbocycles. The van der Waals surface area contributed by atoms with E-state index in [4.69, 9.17) is 10.2 Å². The van der Waals surface area contributed by atoms with Gasteiger partial charge in [-0.1, -0.05) is 0 Å². The van der Waals surface area contributed by atoms with E-state index in [1.165, 1.54) is 6.26 Å².